The summed E-state index contributed by atoms with van der Waals surface area (Å²) in [5.74, 6) is 1.53. The molecule has 1 amide bonds. The molecule has 0 spiro atoms. The molecule has 0 unspecified atom stereocenters. The lowest BCUT2D eigenvalue weighted by Gasteiger charge is -2.11. The number of benzene rings is 2. The molecule has 0 atom stereocenters. The molecular formula is C23H21N3O4S2. The Kier molecular flexibility index (Phi) is 6.67. The third kappa shape index (κ3) is 4.90. The molecule has 32 heavy (non-hydrogen) atoms. The lowest BCUT2D eigenvalue weighted by molar-refractivity contribution is 0.102. The Morgan fingerprint density at radius 3 is 2.56 bits per heavy atom. The summed E-state index contributed by atoms with van der Waals surface area (Å²) in [6.07, 6.45) is 0. The molecule has 0 fully saturated rings. The van der Waals surface area contributed by atoms with Crippen LogP contribution in [-0.2, 0) is 6.61 Å². The second-order valence-corrected chi connectivity index (χ2v) is 8.66. The Morgan fingerprint density at radius 1 is 1.06 bits per heavy atom. The number of anilines is 1. The van der Waals surface area contributed by atoms with Crippen molar-refractivity contribution >= 4 is 33.7 Å². The maximum atomic E-state index is 12.8. The van der Waals surface area contributed by atoms with Gasteiger partial charge in [0.15, 0.2) is 16.6 Å². The van der Waals surface area contributed by atoms with Crippen LogP contribution in [0.15, 0.2) is 53.4 Å². The van der Waals surface area contributed by atoms with E-state index in [1.807, 2.05) is 36.6 Å². The van der Waals surface area contributed by atoms with Gasteiger partial charge in [0.05, 0.1) is 31.1 Å². The van der Waals surface area contributed by atoms with Crippen LogP contribution in [0.4, 0.5) is 5.13 Å². The van der Waals surface area contributed by atoms with E-state index >= 15 is 0 Å². The SMILES string of the molecule is COc1ccc(-c2nc(NC(=O)c3ccc(OCc4cscn4)c(OC)c3)sc2C)cc1. The Hall–Kier alpha value is -3.43. The summed E-state index contributed by atoms with van der Waals surface area (Å²) in [7, 11) is 3.17. The highest BCUT2D eigenvalue weighted by Gasteiger charge is 2.16. The van der Waals surface area contributed by atoms with Crippen LogP contribution in [0.3, 0.4) is 0 Å². The molecule has 9 heteroatoms. The second-order valence-electron chi connectivity index (χ2n) is 6.74. The summed E-state index contributed by atoms with van der Waals surface area (Å²) in [4.78, 5) is 22.6. The fourth-order valence-corrected chi connectivity index (χ4v) is 4.40. The minimum Gasteiger partial charge on any atom is -0.497 e. The Labute approximate surface area is 193 Å². The van der Waals surface area contributed by atoms with E-state index in [1.54, 1.807) is 30.8 Å². The van der Waals surface area contributed by atoms with Gasteiger partial charge < -0.3 is 14.2 Å². The molecule has 0 aliphatic rings. The molecule has 0 aliphatic carbocycles. The lowest BCUT2D eigenvalue weighted by Crippen LogP contribution is -2.12. The number of hydrogen-bond acceptors (Lipinski definition) is 8. The van der Waals surface area contributed by atoms with Crippen LogP contribution in [0, 0.1) is 6.92 Å². The molecular weight excluding hydrogens is 446 g/mol. The lowest BCUT2D eigenvalue weighted by atomic mass is 10.1. The number of nitrogens with one attached hydrogen (secondary N) is 1. The van der Waals surface area contributed by atoms with E-state index in [4.69, 9.17) is 14.2 Å². The number of aryl methyl sites for hydroxylation is 1. The van der Waals surface area contributed by atoms with E-state index < -0.39 is 0 Å². The van der Waals surface area contributed by atoms with Gasteiger partial charge in [-0.1, -0.05) is 0 Å². The number of rotatable bonds is 8. The number of carbonyl (C=O) groups excluding carboxylic acids is 1. The minimum atomic E-state index is -0.274. The first-order valence-electron chi connectivity index (χ1n) is 9.68. The highest BCUT2D eigenvalue weighted by Crippen LogP contribution is 2.32. The van der Waals surface area contributed by atoms with E-state index in [1.165, 1.54) is 29.8 Å². The number of nitrogens with zero attached hydrogens (tertiary/aromatic N) is 2. The van der Waals surface area contributed by atoms with Crippen LogP contribution >= 0.6 is 22.7 Å². The summed E-state index contributed by atoms with van der Waals surface area (Å²) in [6.45, 7) is 2.31. The van der Waals surface area contributed by atoms with Gasteiger partial charge in [-0.3, -0.25) is 10.1 Å². The summed E-state index contributed by atoms with van der Waals surface area (Å²) < 4.78 is 16.4. The number of amides is 1. The van der Waals surface area contributed by atoms with Crippen LogP contribution in [0.2, 0.25) is 0 Å². The fraction of sp³-hybridized carbons (Fsp3) is 0.174. The average molecular weight is 468 g/mol. The smallest absolute Gasteiger partial charge is 0.257 e. The monoisotopic (exact) mass is 467 g/mol. The average Bonchev–Trinajstić information content (AvgIpc) is 3.47. The van der Waals surface area contributed by atoms with Gasteiger partial charge in [-0.2, -0.15) is 0 Å². The van der Waals surface area contributed by atoms with Crippen LogP contribution < -0.4 is 19.5 Å². The number of methoxy groups -OCH3 is 2. The Bertz CT molecular complexity index is 1200. The number of aromatic nitrogens is 2. The van der Waals surface area contributed by atoms with E-state index in [0.717, 1.165) is 27.6 Å². The quantitative estimate of drug-likeness (QED) is 0.372. The highest BCUT2D eigenvalue weighted by atomic mass is 32.1. The summed E-state index contributed by atoms with van der Waals surface area (Å²) in [5.41, 5.74) is 4.83. The van der Waals surface area contributed by atoms with Gasteiger partial charge >= 0.3 is 0 Å². The molecule has 164 valence electrons. The van der Waals surface area contributed by atoms with Crippen LogP contribution in [0.1, 0.15) is 20.9 Å². The fourth-order valence-electron chi connectivity index (χ4n) is 3.02. The van der Waals surface area contributed by atoms with Crippen molar-refractivity contribution in [2.75, 3.05) is 19.5 Å². The van der Waals surface area contributed by atoms with E-state index in [-0.39, 0.29) is 5.91 Å². The number of ether oxygens (including phenoxy) is 3. The van der Waals surface area contributed by atoms with Crippen molar-refractivity contribution < 1.29 is 19.0 Å². The second kappa shape index (κ2) is 9.80. The third-order valence-electron chi connectivity index (χ3n) is 4.67. The van der Waals surface area contributed by atoms with Gasteiger partial charge in [-0.05, 0) is 49.4 Å². The van der Waals surface area contributed by atoms with Crippen LogP contribution in [0.5, 0.6) is 17.2 Å². The van der Waals surface area contributed by atoms with Crippen LogP contribution in [0.25, 0.3) is 11.3 Å². The first-order chi connectivity index (χ1) is 15.6. The minimum absolute atomic E-state index is 0.274. The van der Waals surface area contributed by atoms with Gasteiger partial charge in [-0.15, -0.1) is 22.7 Å². The van der Waals surface area contributed by atoms with E-state index in [0.29, 0.717) is 28.8 Å². The normalized spacial score (nSPS) is 10.6. The Balaban J connectivity index is 1.47. The highest BCUT2D eigenvalue weighted by molar-refractivity contribution is 7.16. The molecule has 1 N–H and O–H groups in total. The predicted octanol–water partition coefficient (Wildman–Crippen LogP) is 5.42. The van der Waals surface area contributed by atoms with E-state index in [9.17, 15) is 4.79 Å². The molecule has 4 rings (SSSR count). The number of hydrogen-bond donors (Lipinski definition) is 1. The van der Waals surface area contributed by atoms with Gasteiger partial charge in [0, 0.05) is 21.4 Å². The third-order valence-corrected chi connectivity index (χ3v) is 6.19. The molecule has 0 bridgehead atoms. The first-order valence-corrected chi connectivity index (χ1v) is 11.4. The van der Waals surface area contributed by atoms with Crippen LogP contribution in [-0.4, -0.2) is 30.1 Å². The van der Waals surface area contributed by atoms with Gasteiger partial charge in [0.1, 0.15) is 12.4 Å². The van der Waals surface area contributed by atoms with Gasteiger partial charge in [-0.25, -0.2) is 9.97 Å². The molecule has 0 radical (unpaired) electrons. The summed E-state index contributed by atoms with van der Waals surface area (Å²) in [6, 6.07) is 12.7. The standard InChI is InChI=1S/C23H21N3O4S2/c1-14-21(15-4-7-18(28-2)8-5-15)25-23(32-14)26-22(27)16-6-9-19(20(10-16)29-3)30-11-17-12-31-13-24-17/h4-10,12-13H,11H2,1-3H3,(H,25,26,27). The molecule has 2 aromatic heterocycles. The zero-order valence-electron chi connectivity index (χ0n) is 17.7. The Morgan fingerprint density at radius 2 is 1.88 bits per heavy atom. The van der Waals surface area contributed by atoms with Crippen molar-refractivity contribution in [1.29, 1.82) is 0 Å². The first kappa shape index (κ1) is 21.8. The van der Waals surface area contributed by atoms with Crippen molar-refractivity contribution in [2.24, 2.45) is 0 Å². The van der Waals surface area contributed by atoms with Gasteiger partial charge in [0.25, 0.3) is 5.91 Å². The zero-order valence-corrected chi connectivity index (χ0v) is 19.4. The maximum Gasteiger partial charge on any atom is 0.257 e. The van der Waals surface area contributed by atoms with E-state index in [2.05, 4.69) is 15.3 Å². The zero-order chi connectivity index (χ0) is 22.5. The number of thiazole rings is 2. The maximum absolute atomic E-state index is 12.8. The molecule has 4 aromatic rings. The van der Waals surface area contributed by atoms with Crippen molar-refractivity contribution in [2.45, 2.75) is 13.5 Å². The van der Waals surface area contributed by atoms with Crippen molar-refractivity contribution in [1.82, 2.24) is 9.97 Å². The molecule has 7 nitrogen and oxygen atoms in total. The predicted molar refractivity (Wildman–Crippen MR) is 126 cm³/mol. The van der Waals surface area contributed by atoms with Crippen molar-refractivity contribution in [3.05, 3.63) is 69.5 Å². The molecule has 0 saturated carbocycles. The summed E-state index contributed by atoms with van der Waals surface area (Å²) in [5, 5.41) is 5.33. The molecule has 2 aromatic carbocycles. The molecule has 0 saturated heterocycles. The van der Waals surface area contributed by atoms with Crippen molar-refractivity contribution in [3.8, 4) is 28.5 Å². The molecule has 2 heterocycles. The molecule has 0 aliphatic heterocycles. The summed E-state index contributed by atoms with van der Waals surface area (Å²) >= 11 is 2.93. The number of carbonyl (C=O) groups is 1. The largest absolute Gasteiger partial charge is 0.497 e. The topological polar surface area (TPSA) is 82.6 Å². The van der Waals surface area contributed by atoms with Gasteiger partial charge in [0.2, 0.25) is 0 Å². The van der Waals surface area contributed by atoms with Crippen molar-refractivity contribution in [3.63, 3.8) is 0 Å².